The standard InChI is InChI=1S/C13H15BrN2O2S/c1-17-4-5-18-13-3-2-11(7-16-13)15-8-12-6-10(14)9-19-12/h2-3,6-7,9,15H,4-5,8H2,1H3. The van der Waals surface area contributed by atoms with Gasteiger partial charge in [-0.1, -0.05) is 0 Å². The van der Waals surface area contributed by atoms with E-state index in [0.717, 1.165) is 16.7 Å². The van der Waals surface area contributed by atoms with E-state index in [2.05, 4.69) is 37.7 Å². The first-order valence-electron chi connectivity index (χ1n) is 5.82. The molecule has 0 saturated heterocycles. The van der Waals surface area contributed by atoms with Crippen LogP contribution in [0.1, 0.15) is 4.88 Å². The molecule has 0 unspecified atom stereocenters. The number of nitrogens with one attached hydrogen (secondary N) is 1. The number of thiophene rings is 1. The number of nitrogens with zero attached hydrogens (tertiary/aromatic N) is 1. The van der Waals surface area contributed by atoms with Crippen molar-refractivity contribution in [2.24, 2.45) is 0 Å². The number of hydrogen-bond donors (Lipinski definition) is 1. The third-order valence-corrected chi connectivity index (χ3v) is 4.06. The topological polar surface area (TPSA) is 43.4 Å². The van der Waals surface area contributed by atoms with Crippen LogP contribution in [0.4, 0.5) is 5.69 Å². The van der Waals surface area contributed by atoms with Crippen LogP contribution in [-0.4, -0.2) is 25.3 Å². The lowest BCUT2D eigenvalue weighted by Crippen LogP contribution is -2.05. The van der Waals surface area contributed by atoms with Crippen molar-refractivity contribution in [3.8, 4) is 5.88 Å². The van der Waals surface area contributed by atoms with Crippen LogP contribution >= 0.6 is 27.3 Å². The van der Waals surface area contributed by atoms with Gasteiger partial charge in [-0.3, -0.25) is 0 Å². The lowest BCUT2D eigenvalue weighted by atomic mass is 10.4. The molecule has 6 heteroatoms. The van der Waals surface area contributed by atoms with Crippen LogP contribution < -0.4 is 10.1 Å². The van der Waals surface area contributed by atoms with Crippen molar-refractivity contribution >= 4 is 33.0 Å². The Labute approximate surface area is 124 Å². The van der Waals surface area contributed by atoms with Gasteiger partial charge in [-0.05, 0) is 28.1 Å². The second kappa shape index (κ2) is 7.47. The summed E-state index contributed by atoms with van der Waals surface area (Å²) < 4.78 is 11.4. The second-order valence-electron chi connectivity index (χ2n) is 3.81. The monoisotopic (exact) mass is 342 g/mol. The fourth-order valence-electron chi connectivity index (χ4n) is 1.44. The summed E-state index contributed by atoms with van der Waals surface area (Å²) in [5, 5.41) is 5.39. The normalized spacial score (nSPS) is 10.4. The van der Waals surface area contributed by atoms with Crippen LogP contribution in [0.15, 0.2) is 34.2 Å². The molecule has 0 radical (unpaired) electrons. The van der Waals surface area contributed by atoms with Crippen LogP contribution in [0.3, 0.4) is 0 Å². The molecule has 0 atom stereocenters. The number of methoxy groups -OCH3 is 1. The van der Waals surface area contributed by atoms with Crippen molar-refractivity contribution in [1.82, 2.24) is 4.98 Å². The zero-order valence-corrected chi connectivity index (χ0v) is 13.0. The number of hydrogen-bond acceptors (Lipinski definition) is 5. The van der Waals surface area contributed by atoms with Gasteiger partial charge in [-0.25, -0.2) is 4.98 Å². The fraction of sp³-hybridized carbons (Fsp3) is 0.308. The van der Waals surface area contributed by atoms with Gasteiger partial charge >= 0.3 is 0 Å². The molecule has 0 saturated carbocycles. The Morgan fingerprint density at radius 2 is 2.26 bits per heavy atom. The summed E-state index contributed by atoms with van der Waals surface area (Å²) in [6.07, 6.45) is 1.77. The van der Waals surface area contributed by atoms with Crippen LogP contribution in [0, 0.1) is 0 Å². The Bertz CT molecular complexity index is 502. The quantitative estimate of drug-likeness (QED) is 0.781. The Kier molecular flexibility index (Phi) is 5.62. The highest BCUT2D eigenvalue weighted by molar-refractivity contribution is 9.10. The maximum absolute atomic E-state index is 5.40. The molecule has 0 aliphatic rings. The van der Waals surface area contributed by atoms with Crippen LogP contribution in [0.2, 0.25) is 0 Å². The highest BCUT2D eigenvalue weighted by Crippen LogP contribution is 2.21. The van der Waals surface area contributed by atoms with E-state index >= 15 is 0 Å². The largest absolute Gasteiger partial charge is 0.475 e. The molecule has 0 aromatic carbocycles. The molecule has 102 valence electrons. The molecule has 2 heterocycles. The molecule has 4 nitrogen and oxygen atoms in total. The molecule has 0 amide bonds. The Morgan fingerprint density at radius 1 is 1.37 bits per heavy atom. The van der Waals surface area contributed by atoms with Gasteiger partial charge in [0.05, 0.1) is 18.5 Å². The third-order valence-electron chi connectivity index (χ3n) is 2.36. The molecular formula is C13H15BrN2O2S. The molecule has 0 aliphatic heterocycles. The number of ether oxygens (including phenoxy) is 2. The molecule has 2 rings (SSSR count). The maximum Gasteiger partial charge on any atom is 0.213 e. The smallest absolute Gasteiger partial charge is 0.213 e. The molecular weight excluding hydrogens is 328 g/mol. The van der Waals surface area contributed by atoms with Crippen LogP contribution in [0.5, 0.6) is 5.88 Å². The summed E-state index contributed by atoms with van der Waals surface area (Å²) in [5.74, 6) is 0.612. The minimum atomic E-state index is 0.513. The molecule has 1 N–H and O–H groups in total. The van der Waals surface area contributed by atoms with Gasteiger partial charge in [0.25, 0.3) is 0 Å². The van der Waals surface area contributed by atoms with Gasteiger partial charge < -0.3 is 14.8 Å². The van der Waals surface area contributed by atoms with Crippen molar-refractivity contribution in [2.75, 3.05) is 25.6 Å². The van der Waals surface area contributed by atoms with Crippen molar-refractivity contribution in [3.63, 3.8) is 0 Å². The predicted octanol–water partition coefficient (Wildman–Crippen LogP) is 3.54. The molecule has 2 aromatic rings. The molecule has 0 fully saturated rings. The number of anilines is 1. The van der Waals surface area contributed by atoms with E-state index in [4.69, 9.17) is 9.47 Å². The maximum atomic E-state index is 5.40. The van der Waals surface area contributed by atoms with Gasteiger partial charge in [0, 0.05) is 34.5 Å². The predicted molar refractivity (Wildman–Crippen MR) is 81.0 cm³/mol. The first-order chi connectivity index (χ1) is 9.28. The first-order valence-corrected chi connectivity index (χ1v) is 7.50. The zero-order chi connectivity index (χ0) is 13.5. The van der Waals surface area contributed by atoms with E-state index < -0.39 is 0 Å². The van der Waals surface area contributed by atoms with E-state index in [1.165, 1.54) is 4.88 Å². The SMILES string of the molecule is COCCOc1ccc(NCc2cc(Br)cs2)cn1. The second-order valence-corrected chi connectivity index (χ2v) is 5.72. The minimum absolute atomic E-state index is 0.513. The minimum Gasteiger partial charge on any atom is -0.475 e. The summed E-state index contributed by atoms with van der Waals surface area (Å²) in [6, 6.07) is 5.91. The summed E-state index contributed by atoms with van der Waals surface area (Å²) >= 11 is 5.16. The number of halogens is 1. The molecule has 0 bridgehead atoms. The molecule has 0 spiro atoms. The molecule has 2 aromatic heterocycles. The molecule has 19 heavy (non-hydrogen) atoms. The summed E-state index contributed by atoms with van der Waals surface area (Å²) in [6.45, 7) is 1.87. The van der Waals surface area contributed by atoms with Gasteiger partial charge in [-0.15, -0.1) is 11.3 Å². The number of pyridine rings is 1. The van der Waals surface area contributed by atoms with E-state index in [1.54, 1.807) is 24.6 Å². The Balaban J connectivity index is 1.81. The van der Waals surface area contributed by atoms with E-state index in [9.17, 15) is 0 Å². The summed E-state index contributed by atoms with van der Waals surface area (Å²) in [4.78, 5) is 5.49. The van der Waals surface area contributed by atoms with E-state index in [1.807, 2.05) is 12.1 Å². The van der Waals surface area contributed by atoms with Crippen LogP contribution in [0.25, 0.3) is 0 Å². The summed E-state index contributed by atoms with van der Waals surface area (Å²) in [5.41, 5.74) is 0.976. The number of rotatable bonds is 7. The van der Waals surface area contributed by atoms with Crippen molar-refractivity contribution < 1.29 is 9.47 Å². The average Bonchev–Trinajstić information content (AvgIpc) is 2.84. The average molecular weight is 343 g/mol. The Hall–Kier alpha value is -1.11. The lowest BCUT2D eigenvalue weighted by molar-refractivity contribution is 0.144. The summed E-state index contributed by atoms with van der Waals surface area (Å²) in [7, 11) is 1.65. The van der Waals surface area contributed by atoms with E-state index in [0.29, 0.717) is 19.1 Å². The van der Waals surface area contributed by atoms with Gasteiger partial charge in [0.2, 0.25) is 5.88 Å². The highest BCUT2D eigenvalue weighted by Gasteiger charge is 1.99. The Morgan fingerprint density at radius 3 is 2.89 bits per heavy atom. The van der Waals surface area contributed by atoms with Crippen molar-refractivity contribution in [1.29, 1.82) is 0 Å². The van der Waals surface area contributed by atoms with Crippen molar-refractivity contribution in [2.45, 2.75) is 6.54 Å². The number of aromatic nitrogens is 1. The lowest BCUT2D eigenvalue weighted by Gasteiger charge is -2.07. The van der Waals surface area contributed by atoms with Gasteiger partial charge in [0.1, 0.15) is 6.61 Å². The fourth-order valence-corrected chi connectivity index (χ4v) is 2.83. The van der Waals surface area contributed by atoms with Crippen molar-refractivity contribution in [3.05, 3.63) is 39.1 Å². The highest BCUT2D eigenvalue weighted by atomic mass is 79.9. The first kappa shape index (κ1) is 14.3. The molecule has 0 aliphatic carbocycles. The zero-order valence-electron chi connectivity index (χ0n) is 10.6. The third kappa shape index (κ3) is 4.81. The van der Waals surface area contributed by atoms with Gasteiger partial charge in [0.15, 0.2) is 0 Å². The van der Waals surface area contributed by atoms with Crippen LogP contribution in [-0.2, 0) is 11.3 Å². The van der Waals surface area contributed by atoms with E-state index in [-0.39, 0.29) is 0 Å². The van der Waals surface area contributed by atoms with Gasteiger partial charge in [-0.2, -0.15) is 0 Å².